The first-order chi connectivity index (χ1) is 16.9. The van der Waals surface area contributed by atoms with Crippen LogP contribution < -0.4 is 4.74 Å². The zero-order valence-corrected chi connectivity index (χ0v) is 20.4. The van der Waals surface area contributed by atoms with Crippen LogP contribution in [0.4, 0.5) is 4.39 Å². The molecular formula is C28H32FN3O3. The van der Waals surface area contributed by atoms with Gasteiger partial charge in [0.25, 0.3) is 5.91 Å². The summed E-state index contributed by atoms with van der Waals surface area (Å²) in [7, 11) is 2.04. The second-order valence-corrected chi connectivity index (χ2v) is 9.39. The van der Waals surface area contributed by atoms with Gasteiger partial charge in [0.05, 0.1) is 12.6 Å². The van der Waals surface area contributed by atoms with Gasteiger partial charge in [-0.15, -0.1) is 0 Å². The van der Waals surface area contributed by atoms with Crippen molar-refractivity contribution in [3.05, 3.63) is 83.8 Å². The summed E-state index contributed by atoms with van der Waals surface area (Å²) >= 11 is 0. The molecule has 0 radical (unpaired) electrons. The second-order valence-electron chi connectivity index (χ2n) is 9.39. The number of aliphatic hydroxyl groups is 1. The number of hydrogen-bond acceptors (Lipinski definition) is 5. The third kappa shape index (κ3) is 5.86. The highest BCUT2D eigenvalue weighted by atomic mass is 19.1. The van der Waals surface area contributed by atoms with Crippen LogP contribution in [-0.4, -0.2) is 64.7 Å². The Labute approximate surface area is 206 Å². The SMILES string of the molecule is C[C@H](CO)N1C[C@H](C)[C@@H](CN(C)Cc2ccccc2)Oc2ncc(-c3cccc(F)c3)cc2C1=O. The number of aromatic nitrogens is 1. The van der Waals surface area contributed by atoms with E-state index in [1.807, 2.05) is 32.2 Å². The number of hydrogen-bond donors (Lipinski definition) is 1. The van der Waals surface area contributed by atoms with Gasteiger partial charge in [0.15, 0.2) is 0 Å². The quantitative estimate of drug-likeness (QED) is 0.552. The van der Waals surface area contributed by atoms with Crippen LogP contribution in [0.25, 0.3) is 11.1 Å². The smallest absolute Gasteiger partial charge is 0.259 e. The van der Waals surface area contributed by atoms with E-state index in [9.17, 15) is 14.3 Å². The van der Waals surface area contributed by atoms with Crippen LogP contribution in [-0.2, 0) is 6.54 Å². The molecule has 4 rings (SSSR count). The van der Waals surface area contributed by atoms with E-state index in [1.165, 1.54) is 17.7 Å². The molecule has 0 saturated carbocycles. The normalized spacial score (nSPS) is 19.0. The predicted molar refractivity (Wildman–Crippen MR) is 134 cm³/mol. The molecule has 1 amide bonds. The van der Waals surface area contributed by atoms with Gasteiger partial charge in [-0.2, -0.15) is 0 Å². The first kappa shape index (κ1) is 24.8. The first-order valence-corrected chi connectivity index (χ1v) is 11.9. The summed E-state index contributed by atoms with van der Waals surface area (Å²) in [6.07, 6.45) is 1.38. The van der Waals surface area contributed by atoms with Gasteiger partial charge in [0.1, 0.15) is 17.5 Å². The Hall–Kier alpha value is -3.29. The zero-order chi connectivity index (χ0) is 24.9. The van der Waals surface area contributed by atoms with Crippen molar-refractivity contribution in [1.29, 1.82) is 0 Å². The summed E-state index contributed by atoms with van der Waals surface area (Å²) in [4.78, 5) is 21.9. The Balaban J connectivity index is 1.66. The molecule has 184 valence electrons. The van der Waals surface area contributed by atoms with Gasteiger partial charge < -0.3 is 14.7 Å². The molecule has 0 fully saturated rings. The molecule has 1 N–H and O–H groups in total. The molecule has 1 aliphatic heterocycles. The number of pyridine rings is 1. The third-order valence-corrected chi connectivity index (χ3v) is 6.47. The van der Waals surface area contributed by atoms with Gasteiger partial charge in [-0.3, -0.25) is 9.69 Å². The van der Waals surface area contributed by atoms with Gasteiger partial charge in [-0.25, -0.2) is 9.37 Å². The maximum atomic E-state index is 13.8. The number of rotatable bonds is 7. The number of carbonyl (C=O) groups is 1. The molecule has 1 aliphatic rings. The number of likely N-dealkylation sites (N-methyl/N-ethyl adjacent to an activating group) is 1. The van der Waals surface area contributed by atoms with Crippen molar-refractivity contribution in [2.75, 3.05) is 26.7 Å². The molecule has 7 heteroatoms. The van der Waals surface area contributed by atoms with Crippen molar-refractivity contribution in [2.24, 2.45) is 5.92 Å². The summed E-state index contributed by atoms with van der Waals surface area (Å²) in [6, 6.07) is 17.8. The number of halogens is 1. The lowest BCUT2D eigenvalue weighted by molar-refractivity contribution is 0.0325. The Morgan fingerprint density at radius 1 is 1.17 bits per heavy atom. The van der Waals surface area contributed by atoms with Gasteiger partial charge in [0.2, 0.25) is 5.88 Å². The number of amides is 1. The summed E-state index contributed by atoms with van der Waals surface area (Å²) in [5.41, 5.74) is 2.78. The number of nitrogens with zero attached hydrogens (tertiary/aromatic N) is 3. The van der Waals surface area contributed by atoms with Gasteiger partial charge in [-0.1, -0.05) is 49.4 Å². The number of fused-ring (bicyclic) bond motifs is 1. The molecule has 35 heavy (non-hydrogen) atoms. The van der Waals surface area contributed by atoms with E-state index in [4.69, 9.17) is 4.74 Å². The minimum atomic E-state index is -0.364. The van der Waals surface area contributed by atoms with Crippen LogP contribution in [0.3, 0.4) is 0 Å². The Morgan fingerprint density at radius 3 is 2.66 bits per heavy atom. The lowest BCUT2D eigenvalue weighted by Gasteiger charge is -2.37. The summed E-state index contributed by atoms with van der Waals surface area (Å²) in [6.45, 7) is 5.57. The lowest BCUT2D eigenvalue weighted by atomic mass is 9.99. The highest BCUT2D eigenvalue weighted by Gasteiger charge is 2.34. The van der Waals surface area contributed by atoms with Crippen LogP contribution in [0.1, 0.15) is 29.8 Å². The molecule has 0 unspecified atom stereocenters. The van der Waals surface area contributed by atoms with E-state index in [2.05, 4.69) is 28.9 Å². The average Bonchev–Trinajstić information content (AvgIpc) is 2.86. The topological polar surface area (TPSA) is 65.9 Å². The Kier molecular flexibility index (Phi) is 7.78. The second kappa shape index (κ2) is 11.0. The summed E-state index contributed by atoms with van der Waals surface area (Å²) in [5.74, 6) is -0.350. The highest BCUT2D eigenvalue weighted by Crippen LogP contribution is 2.30. The predicted octanol–water partition coefficient (Wildman–Crippen LogP) is 4.24. The minimum absolute atomic E-state index is 0.00372. The van der Waals surface area contributed by atoms with E-state index in [0.717, 1.165) is 6.54 Å². The van der Waals surface area contributed by atoms with Crippen LogP contribution in [0, 0.1) is 11.7 Å². The highest BCUT2D eigenvalue weighted by molar-refractivity contribution is 5.98. The minimum Gasteiger partial charge on any atom is -0.472 e. The maximum Gasteiger partial charge on any atom is 0.259 e. The number of ether oxygens (including phenoxy) is 1. The van der Waals surface area contributed by atoms with Crippen molar-refractivity contribution in [2.45, 2.75) is 32.5 Å². The largest absolute Gasteiger partial charge is 0.472 e. The van der Waals surface area contributed by atoms with Gasteiger partial charge >= 0.3 is 0 Å². The molecular weight excluding hydrogens is 445 g/mol. The fraction of sp³-hybridized carbons (Fsp3) is 0.357. The van der Waals surface area contributed by atoms with Crippen molar-refractivity contribution in [1.82, 2.24) is 14.8 Å². The molecule has 6 nitrogen and oxygen atoms in total. The van der Waals surface area contributed by atoms with E-state index in [-0.39, 0.29) is 42.3 Å². The first-order valence-electron chi connectivity index (χ1n) is 11.9. The fourth-order valence-electron chi connectivity index (χ4n) is 4.41. The summed E-state index contributed by atoms with van der Waals surface area (Å²) < 4.78 is 20.2. The Bertz CT molecular complexity index is 1160. The van der Waals surface area contributed by atoms with Crippen LogP contribution >= 0.6 is 0 Å². The van der Waals surface area contributed by atoms with Crippen LogP contribution in [0.5, 0.6) is 5.88 Å². The maximum absolute atomic E-state index is 13.8. The van der Waals surface area contributed by atoms with Crippen LogP contribution in [0.2, 0.25) is 0 Å². The average molecular weight is 478 g/mol. The summed E-state index contributed by atoms with van der Waals surface area (Å²) in [5, 5.41) is 9.85. The molecule has 0 spiro atoms. The van der Waals surface area contributed by atoms with E-state index >= 15 is 0 Å². The number of benzene rings is 2. The van der Waals surface area contributed by atoms with E-state index in [1.54, 1.807) is 29.3 Å². The van der Waals surface area contributed by atoms with Crippen molar-refractivity contribution in [3.8, 4) is 17.0 Å². The van der Waals surface area contributed by atoms with Gasteiger partial charge in [0, 0.05) is 37.3 Å². The molecule has 2 aromatic carbocycles. The van der Waals surface area contributed by atoms with Crippen molar-refractivity contribution in [3.63, 3.8) is 0 Å². The monoisotopic (exact) mass is 477 g/mol. The molecule has 3 aromatic rings. The zero-order valence-electron chi connectivity index (χ0n) is 20.4. The van der Waals surface area contributed by atoms with Crippen LogP contribution in [0.15, 0.2) is 66.9 Å². The molecule has 2 heterocycles. The molecule has 0 bridgehead atoms. The lowest BCUT2D eigenvalue weighted by Crippen LogP contribution is -2.49. The molecule has 0 saturated heterocycles. The van der Waals surface area contributed by atoms with E-state index in [0.29, 0.717) is 29.8 Å². The number of aliphatic hydroxyl groups excluding tert-OH is 1. The van der Waals surface area contributed by atoms with Gasteiger partial charge in [-0.05, 0) is 43.3 Å². The molecule has 0 aliphatic carbocycles. The molecule has 1 aromatic heterocycles. The standard InChI is InChI=1S/C28H32FN3O3/c1-19-15-32(20(2)18-33)28(34)25-13-23(22-10-7-11-24(29)12-22)14-30-27(25)35-26(19)17-31(3)16-21-8-5-4-6-9-21/h4-14,19-20,26,33H,15-18H2,1-3H3/t19-,20+,26+/m0/s1. The van der Waals surface area contributed by atoms with Crippen molar-refractivity contribution >= 4 is 5.91 Å². The number of carbonyl (C=O) groups excluding carboxylic acids is 1. The fourth-order valence-corrected chi connectivity index (χ4v) is 4.41. The van der Waals surface area contributed by atoms with Crippen molar-refractivity contribution < 1.29 is 19.0 Å². The molecule has 3 atom stereocenters. The third-order valence-electron chi connectivity index (χ3n) is 6.47. The Morgan fingerprint density at radius 2 is 1.94 bits per heavy atom. The van der Waals surface area contributed by atoms with E-state index < -0.39 is 0 Å².